The van der Waals surface area contributed by atoms with Gasteiger partial charge in [0.2, 0.25) is 0 Å². The van der Waals surface area contributed by atoms with Gasteiger partial charge in [-0.2, -0.15) is 0 Å². The van der Waals surface area contributed by atoms with Crippen molar-refractivity contribution in [2.24, 2.45) is 0 Å². The Kier molecular flexibility index (Phi) is 7.18. The van der Waals surface area contributed by atoms with E-state index in [1.165, 1.54) is 22.0 Å². The summed E-state index contributed by atoms with van der Waals surface area (Å²) in [6.45, 7) is 3.56. The number of aromatic nitrogens is 1. The third kappa shape index (κ3) is 5.23. The van der Waals surface area contributed by atoms with Gasteiger partial charge in [0.05, 0.1) is 13.2 Å². The normalized spacial score (nSPS) is 24.3. The number of piperidine rings is 1. The fraction of sp³-hybridized carbons (Fsp3) is 0.458. The summed E-state index contributed by atoms with van der Waals surface area (Å²) < 4.78 is 5.35. The molecule has 2 aliphatic heterocycles. The number of urea groups is 1. The van der Waals surface area contributed by atoms with Crippen LogP contribution in [-0.2, 0) is 20.7 Å². The molecule has 0 unspecified atom stereocenters. The van der Waals surface area contributed by atoms with Crippen molar-refractivity contribution in [1.29, 1.82) is 0 Å². The number of carboxylic acids is 2. The maximum atomic E-state index is 12.6. The molecule has 10 nitrogen and oxygen atoms in total. The molecule has 0 spiro atoms. The molecule has 34 heavy (non-hydrogen) atoms. The summed E-state index contributed by atoms with van der Waals surface area (Å²) in [5.41, 5.74) is 4.10. The number of nitrogens with zero attached hydrogens (tertiary/aromatic N) is 2. The average Bonchev–Trinajstić information content (AvgIpc) is 3.24. The maximum Gasteiger partial charge on any atom is 0.328 e. The Morgan fingerprint density at radius 1 is 1.15 bits per heavy atom. The van der Waals surface area contributed by atoms with Crippen LogP contribution in [0.2, 0.25) is 0 Å². The maximum absolute atomic E-state index is 12.6. The average molecular weight is 471 g/mol. The van der Waals surface area contributed by atoms with Gasteiger partial charge >= 0.3 is 18.0 Å². The topological polar surface area (TPSA) is 135 Å². The van der Waals surface area contributed by atoms with Crippen LogP contribution in [0.5, 0.6) is 0 Å². The molecule has 0 radical (unpaired) electrons. The number of likely N-dealkylation sites (N-methyl/N-ethyl adjacent to an activating group) is 1. The molecule has 10 heteroatoms. The number of ether oxygens (including phenoxy) is 1. The lowest BCUT2D eigenvalue weighted by Crippen LogP contribution is -2.57. The zero-order valence-corrected chi connectivity index (χ0v) is 19.1. The number of hydrogen-bond acceptors (Lipinski definition) is 5. The van der Waals surface area contributed by atoms with Crippen LogP contribution in [0, 0.1) is 0 Å². The highest BCUT2D eigenvalue weighted by Crippen LogP contribution is 2.42. The summed E-state index contributed by atoms with van der Waals surface area (Å²) in [6.07, 6.45) is 5.38. The highest BCUT2D eigenvalue weighted by atomic mass is 16.5. The van der Waals surface area contributed by atoms with Gasteiger partial charge in [-0.15, -0.1) is 0 Å². The minimum atomic E-state index is -1.26. The molecule has 2 amide bonds. The van der Waals surface area contributed by atoms with Crippen LogP contribution in [0.25, 0.3) is 10.9 Å². The fourth-order valence-corrected chi connectivity index (χ4v) is 5.22. The fourth-order valence-electron chi connectivity index (χ4n) is 5.22. The SMILES string of the molecule is CN1C[C@@H](NC(=O)N2CCOCC2)C[C@@H]2c3cccc4[nH]cc(c34)C[C@H]21.O=C(O)/C=C\C(=O)O. The van der Waals surface area contributed by atoms with E-state index in [2.05, 4.69) is 46.6 Å². The van der Waals surface area contributed by atoms with Crippen molar-refractivity contribution in [2.45, 2.75) is 30.8 Å². The number of rotatable bonds is 3. The van der Waals surface area contributed by atoms with Gasteiger partial charge in [-0.05, 0) is 37.1 Å². The van der Waals surface area contributed by atoms with Crippen molar-refractivity contribution in [1.82, 2.24) is 20.1 Å². The van der Waals surface area contributed by atoms with Crippen LogP contribution >= 0.6 is 0 Å². The number of fused-ring (bicyclic) bond motifs is 2. The molecule has 182 valence electrons. The Balaban J connectivity index is 0.000000297. The smallest absolute Gasteiger partial charge is 0.328 e. The van der Waals surface area contributed by atoms with Crippen LogP contribution in [0.3, 0.4) is 0 Å². The number of aromatic amines is 1. The first-order chi connectivity index (χ1) is 16.3. The summed E-state index contributed by atoms with van der Waals surface area (Å²) >= 11 is 0. The van der Waals surface area contributed by atoms with Crippen LogP contribution < -0.4 is 5.32 Å². The molecule has 4 N–H and O–H groups in total. The lowest BCUT2D eigenvalue weighted by atomic mass is 9.74. The predicted octanol–water partition coefficient (Wildman–Crippen LogP) is 1.63. The first kappa shape index (κ1) is 23.8. The van der Waals surface area contributed by atoms with Gasteiger partial charge < -0.3 is 35.1 Å². The van der Waals surface area contributed by atoms with Gasteiger partial charge in [0.15, 0.2) is 0 Å². The largest absolute Gasteiger partial charge is 0.478 e. The number of morpholine rings is 1. The minimum absolute atomic E-state index is 0.0569. The Hall–Kier alpha value is -3.37. The van der Waals surface area contributed by atoms with E-state index in [4.69, 9.17) is 14.9 Å². The van der Waals surface area contributed by atoms with Crippen LogP contribution in [0.15, 0.2) is 36.5 Å². The van der Waals surface area contributed by atoms with Gasteiger partial charge in [0.25, 0.3) is 0 Å². The molecular formula is C24H30N4O6. The van der Waals surface area contributed by atoms with E-state index in [1.54, 1.807) is 0 Å². The molecule has 1 aliphatic carbocycles. The van der Waals surface area contributed by atoms with E-state index in [1.807, 2.05) is 4.90 Å². The van der Waals surface area contributed by atoms with Gasteiger partial charge in [0, 0.05) is 66.9 Å². The first-order valence-electron chi connectivity index (χ1n) is 11.4. The monoisotopic (exact) mass is 470 g/mol. The molecule has 1 aromatic carbocycles. The second kappa shape index (κ2) is 10.3. The molecule has 2 fully saturated rings. The van der Waals surface area contributed by atoms with Crippen molar-refractivity contribution in [3.05, 3.63) is 47.7 Å². The van der Waals surface area contributed by atoms with Crippen molar-refractivity contribution in [3.63, 3.8) is 0 Å². The number of benzene rings is 1. The third-order valence-electron chi connectivity index (χ3n) is 6.72. The van der Waals surface area contributed by atoms with Crippen LogP contribution in [0.4, 0.5) is 4.79 Å². The standard InChI is InChI=1S/C20H26N4O2.C4H4O4/c1-23-12-14(22-20(25)24-5-7-26-8-6-24)10-16-15-3-2-4-17-19(15)13(11-21-17)9-18(16)23;5-3(6)1-2-4(7)8/h2-4,11,14,16,18,21H,5-10,12H2,1H3,(H,22,25);1-2H,(H,5,6)(H,7,8)/b;2-1-/t14-,16+,18+;/m0./s1. The predicted molar refractivity (Wildman–Crippen MR) is 125 cm³/mol. The van der Waals surface area contributed by atoms with Crippen molar-refractivity contribution >= 4 is 28.9 Å². The molecule has 3 heterocycles. The Bertz CT molecular complexity index is 1070. The molecule has 2 saturated heterocycles. The van der Waals surface area contributed by atoms with E-state index in [-0.39, 0.29) is 12.1 Å². The Morgan fingerprint density at radius 3 is 2.53 bits per heavy atom. The van der Waals surface area contributed by atoms with Crippen molar-refractivity contribution < 1.29 is 29.3 Å². The minimum Gasteiger partial charge on any atom is -0.478 e. The van der Waals surface area contributed by atoms with Gasteiger partial charge in [-0.25, -0.2) is 14.4 Å². The molecule has 0 bridgehead atoms. The van der Waals surface area contributed by atoms with Gasteiger partial charge in [0.1, 0.15) is 0 Å². The van der Waals surface area contributed by atoms with Crippen molar-refractivity contribution in [3.8, 4) is 0 Å². The highest BCUT2D eigenvalue weighted by Gasteiger charge is 2.40. The number of aliphatic carboxylic acids is 2. The zero-order chi connectivity index (χ0) is 24.2. The van der Waals surface area contributed by atoms with E-state index in [0.717, 1.165) is 19.4 Å². The summed E-state index contributed by atoms with van der Waals surface area (Å²) in [7, 11) is 2.20. The lowest BCUT2D eigenvalue weighted by Gasteiger charge is -2.46. The molecule has 3 atom stereocenters. The van der Waals surface area contributed by atoms with Gasteiger partial charge in [-0.3, -0.25) is 0 Å². The number of carbonyl (C=O) groups excluding carboxylic acids is 1. The molecule has 2 aromatic rings. The number of carboxylic acid groups (broad SMARTS) is 2. The number of nitrogens with one attached hydrogen (secondary N) is 2. The van der Waals surface area contributed by atoms with Crippen LogP contribution in [0.1, 0.15) is 23.5 Å². The number of amides is 2. The van der Waals surface area contributed by atoms with Crippen LogP contribution in [-0.4, -0.2) is 94.9 Å². The Morgan fingerprint density at radius 2 is 1.85 bits per heavy atom. The molecule has 0 saturated carbocycles. The Labute approximate surface area is 197 Å². The van der Waals surface area contributed by atoms with Gasteiger partial charge in [-0.1, -0.05) is 12.1 Å². The third-order valence-corrected chi connectivity index (χ3v) is 6.72. The summed E-state index contributed by atoms with van der Waals surface area (Å²) in [5.74, 6) is -2.05. The number of H-pyrrole nitrogens is 1. The lowest BCUT2D eigenvalue weighted by molar-refractivity contribution is -0.134. The zero-order valence-electron chi connectivity index (χ0n) is 19.1. The van der Waals surface area contributed by atoms with E-state index in [9.17, 15) is 14.4 Å². The molecule has 5 rings (SSSR count). The summed E-state index contributed by atoms with van der Waals surface area (Å²) in [6, 6.07) is 7.34. The highest BCUT2D eigenvalue weighted by molar-refractivity contribution is 5.90. The van der Waals surface area contributed by atoms with E-state index in [0.29, 0.717) is 50.4 Å². The first-order valence-corrected chi connectivity index (χ1v) is 11.4. The second-order valence-electron chi connectivity index (χ2n) is 8.89. The molecule has 1 aromatic heterocycles. The molecule has 3 aliphatic rings. The van der Waals surface area contributed by atoms with E-state index < -0.39 is 11.9 Å². The number of hydrogen-bond donors (Lipinski definition) is 4. The number of carbonyl (C=O) groups is 3. The quantitative estimate of drug-likeness (QED) is 0.501. The summed E-state index contributed by atoms with van der Waals surface area (Å²) in [5, 5.41) is 20.3. The summed E-state index contributed by atoms with van der Waals surface area (Å²) in [4.78, 5) is 39.5. The van der Waals surface area contributed by atoms with E-state index >= 15 is 0 Å². The second-order valence-corrected chi connectivity index (χ2v) is 8.89. The van der Waals surface area contributed by atoms with Crippen molar-refractivity contribution in [2.75, 3.05) is 39.9 Å². The molecular weight excluding hydrogens is 440 g/mol. The number of likely N-dealkylation sites (tertiary alicyclic amines) is 1.